The molecule has 0 radical (unpaired) electrons. The smallest absolute Gasteiger partial charge is 0.291 e. The fourth-order valence-corrected chi connectivity index (χ4v) is 5.17. The highest BCUT2D eigenvalue weighted by molar-refractivity contribution is 7.07. The number of nitrogens with two attached hydrogens (primary N) is 1. The van der Waals surface area contributed by atoms with Gasteiger partial charge in [-0.2, -0.15) is 11.3 Å². The van der Waals surface area contributed by atoms with E-state index < -0.39 is 11.9 Å². The molecule has 0 spiro atoms. The molecule has 4 heterocycles. The number of rotatable bonds is 6. The van der Waals surface area contributed by atoms with E-state index in [9.17, 15) is 9.59 Å². The van der Waals surface area contributed by atoms with Crippen molar-refractivity contribution < 1.29 is 9.59 Å². The number of H-pyrrole nitrogens is 1. The molecule has 36 heavy (non-hydrogen) atoms. The van der Waals surface area contributed by atoms with E-state index in [4.69, 9.17) is 5.73 Å². The highest BCUT2D eigenvalue weighted by Gasteiger charge is 2.32. The van der Waals surface area contributed by atoms with Crippen LogP contribution in [-0.2, 0) is 17.8 Å². The number of aromatic nitrogens is 4. The molecule has 2 amide bonds. The molecule has 1 atom stereocenters. The third kappa shape index (κ3) is 4.17. The first-order valence-corrected chi connectivity index (χ1v) is 12.3. The maximum absolute atomic E-state index is 13.4. The largest absolute Gasteiger partial charge is 0.402 e. The number of para-hydroxylation sites is 1. The van der Waals surface area contributed by atoms with Crippen LogP contribution in [0, 0.1) is 0 Å². The number of hydrogen-bond acceptors (Lipinski definition) is 7. The van der Waals surface area contributed by atoms with Crippen molar-refractivity contribution in [2.45, 2.75) is 25.9 Å². The minimum Gasteiger partial charge on any atom is -0.402 e. The Morgan fingerprint density at radius 3 is 2.94 bits per heavy atom. The van der Waals surface area contributed by atoms with Crippen LogP contribution in [0.2, 0.25) is 0 Å². The van der Waals surface area contributed by atoms with Crippen LogP contribution in [0.4, 0.5) is 5.69 Å². The van der Waals surface area contributed by atoms with Crippen LogP contribution in [0.3, 0.4) is 0 Å². The lowest BCUT2D eigenvalue weighted by Gasteiger charge is -2.21. The molecule has 0 bridgehead atoms. The molecule has 10 nitrogen and oxygen atoms in total. The number of carbonyl (C=O) groups excluding carboxylic acids is 2. The average Bonchev–Trinajstić information content (AvgIpc) is 3.61. The zero-order valence-electron chi connectivity index (χ0n) is 20.1. The minimum atomic E-state index is -0.816. The first-order valence-electron chi connectivity index (χ1n) is 11.4. The number of allylic oxidation sites excluding steroid dienone is 2. The first kappa shape index (κ1) is 23.5. The zero-order valence-corrected chi connectivity index (χ0v) is 21.0. The summed E-state index contributed by atoms with van der Waals surface area (Å²) in [6, 6.07) is 6.97. The first-order chi connectivity index (χ1) is 17.4. The van der Waals surface area contributed by atoms with E-state index in [2.05, 4.69) is 25.5 Å². The number of aromatic amines is 1. The summed E-state index contributed by atoms with van der Waals surface area (Å²) in [6.07, 6.45) is 4.24. The molecular weight excluding hydrogens is 476 g/mol. The van der Waals surface area contributed by atoms with Crippen LogP contribution in [0.5, 0.6) is 0 Å². The van der Waals surface area contributed by atoms with Crippen molar-refractivity contribution in [3.63, 3.8) is 0 Å². The molecule has 5 rings (SSSR count). The van der Waals surface area contributed by atoms with E-state index in [1.54, 1.807) is 36.5 Å². The second-order valence-electron chi connectivity index (χ2n) is 8.69. The fourth-order valence-electron chi connectivity index (χ4n) is 4.50. The van der Waals surface area contributed by atoms with Crippen LogP contribution >= 0.6 is 11.3 Å². The van der Waals surface area contributed by atoms with Gasteiger partial charge in [-0.25, -0.2) is 4.98 Å². The Morgan fingerprint density at radius 1 is 1.39 bits per heavy atom. The normalized spacial score (nSPS) is 16.5. The lowest BCUT2D eigenvalue weighted by atomic mass is 10.0. The summed E-state index contributed by atoms with van der Waals surface area (Å²) in [5, 5.41) is 14.7. The standard InChI is InChI=1S/C25H26N8O2S/c1-14(26)17(10-27-2)18-11-33-12-19(25(35)32(3)20-6-4-5-16(18)22(20)33)28-24(34)23-29-21(30-31-23)9-15-7-8-36-13-15/h4-8,10-11,13,19H,9,12,26H2,1-3H3,(H,28,34)(H,29,30,31)/b17-14+,27-10?/t19-/m0/s1. The number of amides is 2. The molecular formula is C25H26N8O2S. The summed E-state index contributed by atoms with van der Waals surface area (Å²) in [7, 11) is 3.41. The molecule has 0 fully saturated rings. The van der Waals surface area contributed by atoms with Gasteiger partial charge < -0.3 is 20.5 Å². The molecule has 0 saturated carbocycles. The van der Waals surface area contributed by atoms with Crippen molar-refractivity contribution in [3.8, 4) is 0 Å². The molecule has 184 valence electrons. The second-order valence-corrected chi connectivity index (χ2v) is 9.47. The molecule has 0 unspecified atom stereocenters. The highest BCUT2D eigenvalue weighted by atomic mass is 32.1. The Balaban J connectivity index is 1.46. The topological polar surface area (TPSA) is 134 Å². The van der Waals surface area contributed by atoms with Crippen LogP contribution in [0.15, 0.2) is 51.9 Å². The van der Waals surface area contributed by atoms with Gasteiger partial charge in [-0.3, -0.25) is 19.7 Å². The monoisotopic (exact) mass is 502 g/mol. The summed E-state index contributed by atoms with van der Waals surface area (Å²) in [5.41, 5.74) is 11.3. The number of thiophene rings is 1. The van der Waals surface area contributed by atoms with Gasteiger partial charge in [0.05, 0.1) is 17.7 Å². The second kappa shape index (κ2) is 9.42. The number of anilines is 1. The van der Waals surface area contributed by atoms with Gasteiger partial charge in [-0.05, 0) is 35.4 Å². The molecule has 1 aliphatic rings. The molecule has 4 N–H and O–H groups in total. The van der Waals surface area contributed by atoms with Gasteiger partial charge in [-0.1, -0.05) is 12.1 Å². The number of likely N-dealkylation sites (N-methyl/N-ethyl adjacent to an activating group) is 1. The van der Waals surface area contributed by atoms with Crippen LogP contribution < -0.4 is 16.0 Å². The van der Waals surface area contributed by atoms with Gasteiger partial charge in [0, 0.05) is 55.1 Å². The predicted octanol–water partition coefficient (Wildman–Crippen LogP) is 2.58. The van der Waals surface area contributed by atoms with Gasteiger partial charge in [-0.15, -0.1) is 5.10 Å². The van der Waals surface area contributed by atoms with E-state index >= 15 is 0 Å². The van der Waals surface area contributed by atoms with Crippen LogP contribution in [0.1, 0.15) is 34.5 Å². The molecule has 11 heteroatoms. The Bertz CT molecular complexity index is 1510. The number of nitrogens with zero attached hydrogens (tertiary/aromatic N) is 5. The third-order valence-electron chi connectivity index (χ3n) is 6.21. The molecule has 1 aromatic carbocycles. The highest BCUT2D eigenvalue weighted by Crippen LogP contribution is 2.36. The maximum Gasteiger partial charge on any atom is 0.291 e. The number of hydrogen-bond donors (Lipinski definition) is 3. The van der Waals surface area contributed by atoms with Gasteiger partial charge in [0.25, 0.3) is 11.8 Å². The van der Waals surface area contributed by atoms with Gasteiger partial charge in [0.15, 0.2) is 0 Å². The maximum atomic E-state index is 13.4. The van der Waals surface area contributed by atoms with E-state index in [0.29, 0.717) is 17.9 Å². The fraction of sp³-hybridized carbons (Fsp3) is 0.240. The summed E-state index contributed by atoms with van der Waals surface area (Å²) in [4.78, 5) is 36.4. The molecule has 3 aromatic heterocycles. The van der Waals surface area contributed by atoms with E-state index in [0.717, 1.165) is 33.3 Å². The van der Waals surface area contributed by atoms with Crippen molar-refractivity contribution in [3.05, 3.63) is 69.7 Å². The average molecular weight is 503 g/mol. The van der Waals surface area contributed by atoms with Gasteiger partial charge >= 0.3 is 0 Å². The lowest BCUT2D eigenvalue weighted by molar-refractivity contribution is -0.120. The molecule has 0 saturated heterocycles. The van der Waals surface area contributed by atoms with Crippen LogP contribution in [0.25, 0.3) is 16.5 Å². The summed E-state index contributed by atoms with van der Waals surface area (Å²) >= 11 is 1.60. The predicted molar refractivity (Wildman–Crippen MR) is 141 cm³/mol. The minimum absolute atomic E-state index is 0.00100. The van der Waals surface area contributed by atoms with Crippen LogP contribution in [-0.4, -0.2) is 57.9 Å². The Hall–Kier alpha value is -4.25. The Morgan fingerprint density at radius 2 is 2.22 bits per heavy atom. The number of aliphatic imine (C=N–C) groups is 1. The number of nitrogens with one attached hydrogen (secondary N) is 2. The number of carbonyl (C=O) groups is 2. The van der Waals surface area contributed by atoms with Crippen molar-refractivity contribution in [2.24, 2.45) is 10.7 Å². The quantitative estimate of drug-likeness (QED) is 0.349. The summed E-state index contributed by atoms with van der Waals surface area (Å²) < 4.78 is 1.98. The van der Waals surface area contributed by atoms with Crippen molar-refractivity contribution in [1.82, 2.24) is 25.1 Å². The van der Waals surface area contributed by atoms with E-state index in [1.807, 2.05) is 52.7 Å². The summed E-state index contributed by atoms with van der Waals surface area (Å²) in [5.74, 6) is -0.156. The summed E-state index contributed by atoms with van der Waals surface area (Å²) in [6.45, 7) is 2.08. The van der Waals surface area contributed by atoms with Crippen molar-refractivity contribution >= 4 is 51.5 Å². The van der Waals surface area contributed by atoms with E-state index in [1.165, 1.54) is 0 Å². The molecule has 0 aliphatic carbocycles. The third-order valence-corrected chi connectivity index (χ3v) is 6.94. The zero-order chi connectivity index (χ0) is 25.4. The SMILES string of the molecule is CN=C/C(=C(/C)N)c1cn2c3c(cccc13)N(C)C(=O)[C@@H](NC(=O)c1n[nH]c(Cc3ccsc3)n1)C2. The number of benzene rings is 1. The van der Waals surface area contributed by atoms with Crippen molar-refractivity contribution in [1.29, 1.82) is 0 Å². The van der Waals surface area contributed by atoms with Gasteiger partial charge in [0.1, 0.15) is 11.9 Å². The molecule has 4 aromatic rings. The van der Waals surface area contributed by atoms with E-state index in [-0.39, 0.29) is 18.3 Å². The Kier molecular flexibility index (Phi) is 6.15. The Labute approximate surface area is 211 Å². The van der Waals surface area contributed by atoms with Gasteiger partial charge in [0.2, 0.25) is 5.82 Å². The lowest BCUT2D eigenvalue weighted by Crippen LogP contribution is -2.48. The molecule has 1 aliphatic heterocycles. The van der Waals surface area contributed by atoms with Crippen molar-refractivity contribution in [2.75, 3.05) is 19.0 Å².